The number of methoxy groups -OCH3 is 1. The molecule has 0 radical (unpaired) electrons. The number of hydrogen-bond acceptors (Lipinski definition) is 7. The second-order valence-corrected chi connectivity index (χ2v) is 10.3. The minimum atomic E-state index is -4.95. The molecule has 3 aromatic rings. The molecule has 1 fully saturated rings. The Kier molecular flexibility index (Phi) is 9.21. The van der Waals surface area contributed by atoms with Gasteiger partial charge in [-0.15, -0.1) is 0 Å². The minimum Gasteiger partial charge on any atom is -0.475 e. The molecule has 3 heterocycles. The van der Waals surface area contributed by atoms with Crippen molar-refractivity contribution in [2.24, 2.45) is 7.05 Å². The van der Waals surface area contributed by atoms with E-state index in [0.717, 1.165) is 10.8 Å². The summed E-state index contributed by atoms with van der Waals surface area (Å²) in [5, 5.41) is 2.57. The lowest BCUT2D eigenvalue weighted by atomic mass is 10.0. The van der Waals surface area contributed by atoms with Gasteiger partial charge >= 0.3 is 6.18 Å². The van der Waals surface area contributed by atoms with E-state index in [9.17, 15) is 22.8 Å². The average molecular weight is 592 g/mol. The lowest BCUT2D eigenvalue weighted by Gasteiger charge is -2.44. The molecule has 0 spiro atoms. The van der Waals surface area contributed by atoms with Crippen LogP contribution in [0.25, 0.3) is 11.1 Å². The number of hydrogen-bond donors (Lipinski definition) is 1. The van der Waals surface area contributed by atoms with Crippen LogP contribution in [-0.4, -0.2) is 72.9 Å². The molecule has 0 bridgehead atoms. The van der Waals surface area contributed by atoms with Crippen molar-refractivity contribution in [3.8, 4) is 17.0 Å². The van der Waals surface area contributed by atoms with Crippen LogP contribution in [0.4, 0.5) is 28.9 Å². The molecule has 0 unspecified atom stereocenters. The average Bonchev–Trinajstić information content (AvgIpc) is 2.93. The second kappa shape index (κ2) is 12.5. The van der Waals surface area contributed by atoms with Gasteiger partial charge in [-0.05, 0) is 39.1 Å². The molecule has 2 aromatic heterocycles. The predicted molar refractivity (Wildman–Crippen MR) is 151 cm³/mol. The lowest BCUT2D eigenvalue weighted by molar-refractivity contribution is -0.138. The molecule has 1 amide bonds. The summed E-state index contributed by atoms with van der Waals surface area (Å²) in [6.45, 7) is 5.63. The van der Waals surface area contributed by atoms with Crippen LogP contribution in [0.5, 0.6) is 5.88 Å². The molecule has 1 aliphatic heterocycles. The number of aryl methyl sites for hydroxylation is 1. The van der Waals surface area contributed by atoms with E-state index in [1.54, 1.807) is 12.1 Å². The van der Waals surface area contributed by atoms with Gasteiger partial charge in [0.25, 0.3) is 11.5 Å². The first-order chi connectivity index (χ1) is 19.8. The van der Waals surface area contributed by atoms with Crippen LogP contribution in [0.3, 0.4) is 0 Å². The monoisotopic (exact) mass is 591 g/mol. The third kappa shape index (κ3) is 6.73. The molecule has 2 atom stereocenters. The molecule has 1 aromatic carbocycles. The standard InChI is InChI=1S/C29H33F4N5O4/c1-17-14-38(15-18(2)37(17)4)25-12-23(30)20(19-6-7-26(34-13-19)42-9-8-41-5)10-24(25)35-28(40)21-16-36(3)27(39)11-22(21)29(31,32)33/h6-7,10-13,16-18H,8-9,14-15H2,1-5H3,(H,35,40)/t17-,18+. The van der Waals surface area contributed by atoms with E-state index >= 15 is 4.39 Å². The Hall–Kier alpha value is -3.97. The van der Waals surface area contributed by atoms with Crippen molar-refractivity contribution in [3.05, 3.63) is 70.0 Å². The van der Waals surface area contributed by atoms with Crippen LogP contribution in [0.15, 0.2) is 47.5 Å². The van der Waals surface area contributed by atoms with Gasteiger partial charge in [0, 0.05) is 75.0 Å². The molecule has 13 heteroatoms. The highest BCUT2D eigenvalue weighted by atomic mass is 19.4. The van der Waals surface area contributed by atoms with Crippen LogP contribution in [-0.2, 0) is 18.0 Å². The number of ether oxygens (including phenoxy) is 2. The maximum atomic E-state index is 15.7. The van der Waals surface area contributed by atoms with Gasteiger partial charge in [-0.2, -0.15) is 13.2 Å². The number of anilines is 2. The summed E-state index contributed by atoms with van der Waals surface area (Å²) >= 11 is 0. The zero-order chi connectivity index (χ0) is 30.8. The normalized spacial score (nSPS) is 17.8. The Morgan fingerprint density at radius 2 is 1.79 bits per heavy atom. The van der Waals surface area contributed by atoms with Crippen molar-refractivity contribution in [3.63, 3.8) is 0 Å². The number of halogens is 4. The van der Waals surface area contributed by atoms with E-state index in [2.05, 4.69) is 15.2 Å². The molecule has 1 aliphatic rings. The number of benzene rings is 1. The van der Waals surface area contributed by atoms with Gasteiger partial charge < -0.3 is 24.3 Å². The van der Waals surface area contributed by atoms with Crippen molar-refractivity contribution in [2.75, 3.05) is 50.7 Å². The van der Waals surface area contributed by atoms with Crippen molar-refractivity contribution in [1.29, 1.82) is 0 Å². The Balaban J connectivity index is 1.78. The predicted octanol–water partition coefficient (Wildman–Crippen LogP) is 4.41. The van der Waals surface area contributed by atoms with E-state index < -0.39 is 34.6 Å². The van der Waals surface area contributed by atoms with E-state index in [1.807, 2.05) is 25.8 Å². The molecule has 4 rings (SSSR count). The molecule has 1 N–H and O–H groups in total. The maximum absolute atomic E-state index is 15.7. The minimum absolute atomic E-state index is 0.0790. The van der Waals surface area contributed by atoms with Crippen LogP contribution in [0.1, 0.15) is 29.8 Å². The SMILES string of the molecule is COCCOc1ccc(-c2cc(NC(=O)c3cn(C)c(=O)cc3C(F)(F)F)c(N3C[C@@H](C)N(C)[C@@H](C)C3)cc2F)cn1. The Labute approximate surface area is 240 Å². The molecular formula is C29H33F4N5O4. The third-order valence-electron chi connectivity index (χ3n) is 7.40. The molecule has 0 aliphatic carbocycles. The van der Waals surface area contributed by atoms with Crippen molar-refractivity contribution >= 4 is 17.3 Å². The fourth-order valence-corrected chi connectivity index (χ4v) is 4.84. The lowest BCUT2D eigenvalue weighted by Crippen LogP contribution is -2.55. The summed E-state index contributed by atoms with van der Waals surface area (Å²) in [7, 11) is 4.77. The number of pyridine rings is 2. The summed E-state index contributed by atoms with van der Waals surface area (Å²) in [4.78, 5) is 33.6. The van der Waals surface area contributed by atoms with Crippen LogP contribution < -0.4 is 20.5 Å². The van der Waals surface area contributed by atoms with Gasteiger partial charge in [-0.25, -0.2) is 9.37 Å². The number of alkyl halides is 3. The van der Waals surface area contributed by atoms with E-state index in [4.69, 9.17) is 9.47 Å². The maximum Gasteiger partial charge on any atom is 0.417 e. The van der Waals surface area contributed by atoms with Crippen LogP contribution in [0, 0.1) is 5.82 Å². The Morgan fingerprint density at radius 1 is 1.10 bits per heavy atom. The molecule has 0 saturated carbocycles. The summed E-state index contributed by atoms with van der Waals surface area (Å²) in [5.74, 6) is -1.39. The highest BCUT2D eigenvalue weighted by molar-refractivity contribution is 6.07. The second-order valence-electron chi connectivity index (χ2n) is 10.3. The number of nitrogens with zero attached hydrogens (tertiary/aromatic N) is 4. The number of amides is 1. The van der Waals surface area contributed by atoms with E-state index in [-0.39, 0.29) is 29.9 Å². The molecule has 1 saturated heterocycles. The van der Waals surface area contributed by atoms with Gasteiger partial charge in [-0.1, -0.05) is 0 Å². The third-order valence-corrected chi connectivity index (χ3v) is 7.40. The van der Waals surface area contributed by atoms with Crippen molar-refractivity contribution < 1.29 is 31.8 Å². The molecule has 9 nitrogen and oxygen atoms in total. The molecule has 42 heavy (non-hydrogen) atoms. The summed E-state index contributed by atoms with van der Waals surface area (Å²) in [6, 6.07) is 6.34. The highest BCUT2D eigenvalue weighted by Crippen LogP contribution is 2.37. The molecule has 226 valence electrons. The van der Waals surface area contributed by atoms with E-state index in [0.29, 0.717) is 42.9 Å². The van der Waals surface area contributed by atoms with E-state index in [1.165, 1.54) is 32.5 Å². The van der Waals surface area contributed by atoms with Crippen LogP contribution >= 0.6 is 0 Å². The first-order valence-electron chi connectivity index (χ1n) is 13.3. The fourth-order valence-electron chi connectivity index (χ4n) is 4.84. The number of piperazine rings is 1. The first kappa shape index (κ1) is 31.0. The van der Waals surface area contributed by atoms with Crippen LogP contribution in [0.2, 0.25) is 0 Å². The van der Waals surface area contributed by atoms with Gasteiger partial charge in [-0.3, -0.25) is 14.5 Å². The smallest absolute Gasteiger partial charge is 0.417 e. The number of aromatic nitrogens is 2. The number of rotatable bonds is 8. The zero-order valence-electron chi connectivity index (χ0n) is 24.0. The first-order valence-corrected chi connectivity index (χ1v) is 13.3. The Morgan fingerprint density at radius 3 is 2.38 bits per heavy atom. The number of likely N-dealkylation sites (N-methyl/N-ethyl adjacent to an activating group) is 1. The molecular weight excluding hydrogens is 558 g/mol. The van der Waals surface area contributed by atoms with Gasteiger partial charge in [0.15, 0.2) is 0 Å². The largest absolute Gasteiger partial charge is 0.475 e. The number of carbonyl (C=O) groups is 1. The summed E-state index contributed by atoms with van der Waals surface area (Å²) in [5.41, 5.74) is -2.12. The van der Waals surface area contributed by atoms with Crippen molar-refractivity contribution in [2.45, 2.75) is 32.1 Å². The van der Waals surface area contributed by atoms with Gasteiger partial charge in [0.1, 0.15) is 12.4 Å². The number of carbonyl (C=O) groups excluding carboxylic acids is 1. The topological polar surface area (TPSA) is 88.9 Å². The van der Waals surface area contributed by atoms with Crippen molar-refractivity contribution in [1.82, 2.24) is 14.5 Å². The van der Waals surface area contributed by atoms with Gasteiger partial charge in [0.05, 0.1) is 29.1 Å². The summed E-state index contributed by atoms with van der Waals surface area (Å²) < 4.78 is 68.4. The Bertz CT molecular complexity index is 1480. The zero-order valence-corrected chi connectivity index (χ0v) is 24.0. The fraction of sp³-hybridized carbons (Fsp3) is 0.414. The quantitative estimate of drug-likeness (QED) is 0.307. The highest BCUT2D eigenvalue weighted by Gasteiger charge is 2.37. The number of nitrogens with one attached hydrogen (secondary N) is 1. The summed E-state index contributed by atoms with van der Waals surface area (Å²) in [6.07, 6.45) is -2.70. The van der Waals surface area contributed by atoms with Gasteiger partial charge in [0.2, 0.25) is 5.88 Å².